The van der Waals surface area contributed by atoms with Crippen molar-refractivity contribution in [3.63, 3.8) is 0 Å². The Hall–Kier alpha value is -1.84. The number of carbonyl (C=O) groups is 2. The van der Waals surface area contributed by atoms with E-state index in [-0.39, 0.29) is 11.8 Å². The van der Waals surface area contributed by atoms with Crippen molar-refractivity contribution in [3.8, 4) is 0 Å². The summed E-state index contributed by atoms with van der Waals surface area (Å²) in [6.45, 7) is 5.33. The third-order valence-corrected chi connectivity index (χ3v) is 3.92. The third kappa shape index (κ3) is 4.31. The van der Waals surface area contributed by atoms with Gasteiger partial charge in [0.2, 0.25) is 5.91 Å². The second kappa shape index (κ2) is 7.25. The highest BCUT2D eigenvalue weighted by Gasteiger charge is 2.23. The fourth-order valence-corrected chi connectivity index (χ4v) is 2.69. The van der Waals surface area contributed by atoms with Crippen molar-refractivity contribution >= 4 is 11.8 Å². The quantitative estimate of drug-likeness (QED) is 0.929. The summed E-state index contributed by atoms with van der Waals surface area (Å²) in [7, 11) is 0. The zero-order valence-electron chi connectivity index (χ0n) is 12.9. The Morgan fingerprint density at radius 3 is 2.43 bits per heavy atom. The van der Waals surface area contributed by atoms with Gasteiger partial charge in [-0.2, -0.15) is 0 Å². The predicted octanol–water partition coefficient (Wildman–Crippen LogP) is 2.52. The molecule has 1 fully saturated rings. The van der Waals surface area contributed by atoms with E-state index in [9.17, 15) is 9.59 Å². The molecule has 4 heteroatoms. The van der Waals surface area contributed by atoms with Gasteiger partial charge in [0.15, 0.2) is 0 Å². The number of nitrogens with one attached hydrogen (secondary N) is 1. The van der Waals surface area contributed by atoms with Gasteiger partial charge in [0.05, 0.1) is 0 Å². The van der Waals surface area contributed by atoms with E-state index in [2.05, 4.69) is 5.32 Å². The van der Waals surface area contributed by atoms with Crippen LogP contribution in [0.3, 0.4) is 0 Å². The molecular weight excluding hydrogens is 264 g/mol. The number of amides is 2. The molecule has 1 aliphatic heterocycles. The van der Waals surface area contributed by atoms with Crippen molar-refractivity contribution in [2.24, 2.45) is 0 Å². The molecule has 1 unspecified atom stereocenters. The first-order chi connectivity index (χ1) is 10.1. The van der Waals surface area contributed by atoms with Crippen molar-refractivity contribution in [1.82, 2.24) is 10.2 Å². The van der Waals surface area contributed by atoms with Crippen LogP contribution in [-0.2, 0) is 4.79 Å². The van der Waals surface area contributed by atoms with Gasteiger partial charge in [0, 0.05) is 18.7 Å². The standard InChI is InChI=1S/C17H24N2O2/c1-13-8-7-9-15(12-13)16(20)18-14(2)17(21)19-10-5-3-4-6-11-19/h7-9,12,14H,3-6,10-11H2,1-2H3,(H,18,20). The van der Waals surface area contributed by atoms with Crippen molar-refractivity contribution in [2.75, 3.05) is 13.1 Å². The third-order valence-electron chi connectivity index (χ3n) is 3.92. The molecule has 2 rings (SSSR count). The van der Waals surface area contributed by atoms with Crippen molar-refractivity contribution in [1.29, 1.82) is 0 Å². The zero-order valence-corrected chi connectivity index (χ0v) is 12.9. The van der Waals surface area contributed by atoms with Gasteiger partial charge in [-0.25, -0.2) is 0 Å². The van der Waals surface area contributed by atoms with Gasteiger partial charge in [-0.1, -0.05) is 30.5 Å². The lowest BCUT2D eigenvalue weighted by molar-refractivity contribution is -0.132. The number of nitrogens with zero attached hydrogens (tertiary/aromatic N) is 1. The smallest absolute Gasteiger partial charge is 0.251 e. The minimum Gasteiger partial charge on any atom is -0.341 e. The maximum atomic E-state index is 12.4. The van der Waals surface area contributed by atoms with Gasteiger partial charge in [0.25, 0.3) is 5.91 Å². The maximum absolute atomic E-state index is 12.4. The van der Waals surface area contributed by atoms with Crippen LogP contribution in [0.15, 0.2) is 24.3 Å². The number of rotatable bonds is 3. The van der Waals surface area contributed by atoms with Gasteiger partial charge in [-0.3, -0.25) is 9.59 Å². The molecule has 1 saturated heterocycles. The summed E-state index contributed by atoms with van der Waals surface area (Å²) >= 11 is 0. The summed E-state index contributed by atoms with van der Waals surface area (Å²) in [6, 6.07) is 6.93. The van der Waals surface area contributed by atoms with Gasteiger partial charge in [-0.15, -0.1) is 0 Å². The monoisotopic (exact) mass is 288 g/mol. The first-order valence-corrected chi connectivity index (χ1v) is 7.74. The number of hydrogen-bond donors (Lipinski definition) is 1. The Kier molecular flexibility index (Phi) is 5.37. The van der Waals surface area contributed by atoms with Crippen molar-refractivity contribution in [2.45, 2.75) is 45.6 Å². The number of benzene rings is 1. The largest absolute Gasteiger partial charge is 0.341 e. The second-order valence-electron chi connectivity index (χ2n) is 5.80. The fraction of sp³-hybridized carbons (Fsp3) is 0.529. The molecule has 1 atom stereocenters. The predicted molar refractivity (Wildman–Crippen MR) is 83.2 cm³/mol. The van der Waals surface area contributed by atoms with Crippen LogP contribution >= 0.6 is 0 Å². The van der Waals surface area contributed by atoms with Crippen LogP contribution < -0.4 is 5.32 Å². The highest BCUT2D eigenvalue weighted by atomic mass is 16.2. The molecule has 4 nitrogen and oxygen atoms in total. The van der Waals surface area contributed by atoms with E-state index in [0.717, 1.165) is 31.5 Å². The Balaban J connectivity index is 1.95. The molecule has 0 bridgehead atoms. The first-order valence-electron chi connectivity index (χ1n) is 7.74. The SMILES string of the molecule is Cc1cccc(C(=O)NC(C)C(=O)N2CCCCCC2)c1. The van der Waals surface area contributed by atoms with Crippen molar-refractivity contribution in [3.05, 3.63) is 35.4 Å². The molecule has 1 aromatic carbocycles. The molecule has 0 radical (unpaired) electrons. The molecular formula is C17H24N2O2. The van der Waals surface area contributed by atoms with Crippen LogP contribution in [0.25, 0.3) is 0 Å². The summed E-state index contributed by atoms with van der Waals surface area (Å²) in [5.41, 5.74) is 1.64. The van der Waals surface area contributed by atoms with Gasteiger partial charge in [-0.05, 0) is 38.8 Å². The lowest BCUT2D eigenvalue weighted by Gasteiger charge is -2.24. The van der Waals surface area contributed by atoms with Crippen LogP contribution in [0.4, 0.5) is 0 Å². The molecule has 1 heterocycles. The number of hydrogen-bond acceptors (Lipinski definition) is 2. The van der Waals surface area contributed by atoms with E-state index in [1.54, 1.807) is 13.0 Å². The molecule has 1 aliphatic rings. The highest BCUT2D eigenvalue weighted by molar-refractivity contribution is 5.97. The lowest BCUT2D eigenvalue weighted by atomic mass is 10.1. The molecule has 2 amide bonds. The van der Waals surface area contributed by atoms with Crippen molar-refractivity contribution < 1.29 is 9.59 Å². The van der Waals surface area contributed by atoms with E-state index >= 15 is 0 Å². The number of aryl methyl sites for hydroxylation is 1. The van der Waals surface area contributed by atoms with E-state index in [4.69, 9.17) is 0 Å². The lowest BCUT2D eigenvalue weighted by Crippen LogP contribution is -2.47. The van der Waals surface area contributed by atoms with Crippen LogP contribution in [0.2, 0.25) is 0 Å². The topological polar surface area (TPSA) is 49.4 Å². The number of likely N-dealkylation sites (tertiary alicyclic amines) is 1. The molecule has 21 heavy (non-hydrogen) atoms. The van der Waals surface area contributed by atoms with E-state index in [1.165, 1.54) is 12.8 Å². The van der Waals surface area contributed by atoms with Crippen LogP contribution in [0.1, 0.15) is 48.5 Å². The molecule has 114 valence electrons. The summed E-state index contributed by atoms with van der Waals surface area (Å²) in [5.74, 6) is -0.160. The Bertz CT molecular complexity index is 505. The minimum absolute atomic E-state index is 0.0258. The van der Waals surface area contributed by atoms with Crippen LogP contribution in [0, 0.1) is 6.92 Å². The molecule has 1 N–H and O–H groups in total. The highest BCUT2D eigenvalue weighted by Crippen LogP contribution is 2.11. The summed E-state index contributed by atoms with van der Waals surface area (Å²) in [5, 5.41) is 2.81. The van der Waals surface area contributed by atoms with Gasteiger partial charge < -0.3 is 10.2 Å². The molecule has 0 spiro atoms. The zero-order chi connectivity index (χ0) is 15.2. The summed E-state index contributed by atoms with van der Waals surface area (Å²) < 4.78 is 0. The molecule has 0 saturated carbocycles. The maximum Gasteiger partial charge on any atom is 0.251 e. The molecule has 0 aliphatic carbocycles. The van der Waals surface area contributed by atoms with Gasteiger partial charge >= 0.3 is 0 Å². The van der Waals surface area contributed by atoms with Crippen LogP contribution in [-0.4, -0.2) is 35.8 Å². The Morgan fingerprint density at radius 1 is 1.14 bits per heavy atom. The number of carbonyl (C=O) groups excluding carboxylic acids is 2. The van der Waals surface area contributed by atoms with E-state index in [1.807, 2.05) is 30.0 Å². The normalized spacial score (nSPS) is 17.0. The second-order valence-corrected chi connectivity index (χ2v) is 5.80. The van der Waals surface area contributed by atoms with E-state index < -0.39 is 6.04 Å². The average molecular weight is 288 g/mol. The Morgan fingerprint density at radius 2 is 1.81 bits per heavy atom. The summed E-state index contributed by atoms with van der Waals surface area (Å²) in [6.07, 6.45) is 4.50. The summed E-state index contributed by atoms with van der Waals surface area (Å²) in [4.78, 5) is 26.5. The minimum atomic E-state index is -0.476. The van der Waals surface area contributed by atoms with Gasteiger partial charge in [0.1, 0.15) is 6.04 Å². The fourth-order valence-electron chi connectivity index (χ4n) is 2.69. The first kappa shape index (κ1) is 15.5. The van der Waals surface area contributed by atoms with E-state index in [0.29, 0.717) is 5.56 Å². The molecule has 1 aromatic rings. The van der Waals surface area contributed by atoms with Crippen LogP contribution in [0.5, 0.6) is 0 Å². The molecule has 0 aromatic heterocycles. The Labute approximate surface area is 126 Å². The average Bonchev–Trinajstić information content (AvgIpc) is 2.75.